The van der Waals surface area contributed by atoms with E-state index in [1.165, 1.54) is 6.92 Å². The third-order valence-electron chi connectivity index (χ3n) is 2.35. The molecule has 0 spiro atoms. The molecule has 0 aliphatic carbocycles. The summed E-state index contributed by atoms with van der Waals surface area (Å²) in [5, 5.41) is 11.3. The topological polar surface area (TPSA) is 66.4 Å². The Morgan fingerprint density at radius 1 is 1.29 bits per heavy atom. The molecular weight excluding hydrogens is 218 g/mol. The molecule has 4 nitrogen and oxygen atoms in total. The van der Waals surface area contributed by atoms with Gasteiger partial charge >= 0.3 is 5.97 Å². The molecule has 4 heteroatoms. The number of amides is 1. The van der Waals surface area contributed by atoms with Crippen molar-refractivity contribution in [1.82, 2.24) is 5.32 Å². The van der Waals surface area contributed by atoms with Crippen molar-refractivity contribution in [2.24, 2.45) is 0 Å². The summed E-state index contributed by atoms with van der Waals surface area (Å²) in [4.78, 5) is 22.0. The lowest BCUT2D eigenvalue weighted by molar-refractivity contribution is -0.131. The van der Waals surface area contributed by atoms with E-state index < -0.39 is 5.97 Å². The molecule has 1 amide bonds. The highest BCUT2D eigenvalue weighted by molar-refractivity contribution is 5.98. The second-order valence-electron chi connectivity index (χ2n) is 3.77. The molecule has 0 saturated carbocycles. The van der Waals surface area contributed by atoms with Crippen LogP contribution in [0.4, 0.5) is 0 Å². The molecule has 0 aliphatic rings. The van der Waals surface area contributed by atoms with Gasteiger partial charge in [-0.25, -0.2) is 4.79 Å². The third kappa shape index (κ3) is 4.10. The highest BCUT2D eigenvalue weighted by Gasteiger charge is 2.11. The van der Waals surface area contributed by atoms with Crippen LogP contribution in [0.15, 0.2) is 42.0 Å². The van der Waals surface area contributed by atoms with Crippen LogP contribution in [0.3, 0.4) is 0 Å². The summed E-state index contributed by atoms with van der Waals surface area (Å²) in [6.45, 7) is 3.32. The number of hydrogen-bond acceptors (Lipinski definition) is 2. The first kappa shape index (κ1) is 13.0. The summed E-state index contributed by atoms with van der Waals surface area (Å²) >= 11 is 0. The number of rotatable bonds is 4. The summed E-state index contributed by atoms with van der Waals surface area (Å²) in [6.07, 6.45) is 0.896. The predicted molar refractivity (Wildman–Crippen MR) is 64.4 cm³/mol. The van der Waals surface area contributed by atoms with Crippen molar-refractivity contribution in [3.8, 4) is 0 Å². The Morgan fingerprint density at radius 3 is 2.41 bits per heavy atom. The van der Waals surface area contributed by atoms with Gasteiger partial charge in [0, 0.05) is 11.6 Å². The molecule has 0 bridgehead atoms. The Balaban J connectivity index is 2.67. The first-order valence-electron chi connectivity index (χ1n) is 5.27. The number of carboxylic acids is 1. The number of hydrogen-bond donors (Lipinski definition) is 2. The number of benzene rings is 1. The molecule has 1 rings (SSSR count). The SMILES string of the molecule is C/C(=C/C(=O)O)C(=O)NC(C)c1ccccc1. The van der Waals surface area contributed by atoms with Gasteiger partial charge in [0.05, 0.1) is 6.04 Å². The van der Waals surface area contributed by atoms with Crippen LogP contribution in [-0.2, 0) is 9.59 Å². The van der Waals surface area contributed by atoms with E-state index in [-0.39, 0.29) is 17.5 Å². The van der Waals surface area contributed by atoms with Crippen molar-refractivity contribution in [1.29, 1.82) is 0 Å². The van der Waals surface area contributed by atoms with Gasteiger partial charge in [0.1, 0.15) is 0 Å². The molecule has 1 unspecified atom stereocenters. The summed E-state index contributed by atoms with van der Waals surface area (Å²) in [6, 6.07) is 9.33. The zero-order chi connectivity index (χ0) is 12.8. The Kier molecular flexibility index (Phi) is 4.46. The molecule has 0 radical (unpaired) electrons. The van der Waals surface area contributed by atoms with Gasteiger partial charge in [0.25, 0.3) is 0 Å². The number of carboxylic acid groups (broad SMARTS) is 1. The van der Waals surface area contributed by atoms with E-state index in [9.17, 15) is 9.59 Å². The maximum Gasteiger partial charge on any atom is 0.328 e. The van der Waals surface area contributed by atoms with E-state index in [4.69, 9.17) is 5.11 Å². The molecule has 90 valence electrons. The molecule has 0 heterocycles. The molecule has 0 aromatic heterocycles. The van der Waals surface area contributed by atoms with Gasteiger partial charge < -0.3 is 10.4 Å². The lowest BCUT2D eigenvalue weighted by atomic mass is 10.1. The van der Waals surface area contributed by atoms with Crippen LogP contribution in [0.5, 0.6) is 0 Å². The highest BCUT2D eigenvalue weighted by atomic mass is 16.4. The minimum Gasteiger partial charge on any atom is -0.478 e. The largest absolute Gasteiger partial charge is 0.478 e. The molecule has 0 saturated heterocycles. The molecule has 1 atom stereocenters. The van der Waals surface area contributed by atoms with E-state index in [2.05, 4.69) is 5.32 Å². The monoisotopic (exact) mass is 233 g/mol. The Hall–Kier alpha value is -2.10. The second kappa shape index (κ2) is 5.84. The molecule has 0 fully saturated rings. The standard InChI is InChI=1S/C13H15NO3/c1-9(8-12(15)16)13(17)14-10(2)11-6-4-3-5-7-11/h3-8,10H,1-2H3,(H,14,17)(H,15,16)/b9-8-. The Morgan fingerprint density at radius 2 is 1.88 bits per heavy atom. The quantitative estimate of drug-likeness (QED) is 0.780. The van der Waals surface area contributed by atoms with Crippen molar-refractivity contribution < 1.29 is 14.7 Å². The summed E-state index contributed by atoms with van der Waals surface area (Å²) in [5.41, 5.74) is 1.16. The minimum absolute atomic E-state index is 0.152. The van der Waals surface area contributed by atoms with Gasteiger partial charge in [-0.2, -0.15) is 0 Å². The molecule has 2 N–H and O–H groups in total. The fourth-order valence-corrected chi connectivity index (χ4v) is 1.39. The third-order valence-corrected chi connectivity index (χ3v) is 2.35. The molecule has 1 aromatic rings. The zero-order valence-electron chi connectivity index (χ0n) is 9.81. The van der Waals surface area contributed by atoms with Gasteiger partial charge in [-0.1, -0.05) is 30.3 Å². The van der Waals surface area contributed by atoms with Gasteiger partial charge in [-0.3, -0.25) is 4.79 Å². The average Bonchev–Trinajstić information content (AvgIpc) is 2.29. The lowest BCUT2D eigenvalue weighted by Gasteiger charge is -2.14. The van der Waals surface area contributed by atoms with E-state index in [0.29, 0.717) is 0 Å². The van der Waals surface area contributed by atoms with E-state index in [1.807, 2.05) is 37.3 Å². The van der Waals surface area contributed by atoms with Crippen LogP contribution in [0.25, 0.3) is 0 Å². The Labute approximate surface area is 100.0 Å². The zero-order valence-corrected chi connectivity index (χ0v) is 9.81. The van der Waals surface area contributed by atoms with Gasteiger partial charge in [-0.05, 0) is 19.4 Å². The van der Waals surface area contributed by atoms with Crippen LogP contribution in [0, 0.1) is 0 Å². The first-order valence-corrected chi connectivity index (χ1v) is 5.27. The normalized spacial score (nSPS) is 12.9. The van der Waals surface area contributed by atoms with Gasteiger partial charge in [0.2, 0.25) is 5.91 Å². The number of aliphatic carboxylic acids is 1. The number of nitrogens with one attached hydrogen (secondary N) is 1. The fraction of sp³-hybridized carbons (Fsp3) is 0.231. The highest BCUT2D eigenvalue weighted by Crippen LogP contribution is 2.11. The van der Waals surface area contributed by atoms with Crippen LogP contribution in [0.2, 0.25) is 0 Å². The van der Waals surface area contributed by atoms with Crippen molar-refractivity contribution in [2.45, 2.75) is 19.9 Å². The fourth-order valence-electron chi connectivity index (χ4n) is 1.39. The average molecular weight is 233 g/mol. The smallest absolute Gasteiger partial charge is 0.328 e. The maximum absolute atomic E-state index is 11.6. The predicted octanol–water partition coefficient (Wildman–Crippen LogP) is 1.89. The van der Waals surface area contributed by atoms with Crippen LogP contribution < -0.4 is 5.32 Å². The second-order valence-corrected chi connectivity index (χ2v) is 3.77. The van der Waals surface area contributed by atoms with Gasteiger partial charge in [-0.15, -0.1) is 0 Å². The lowest BCUT2D eigenvalue weighted by Crippen LogP contribution is -2.27. The van der Waals surface area contributed by atoms with E-state index in [0.717, 1.165) is 11.6 Å². The van der Waals surface area contributed by atoms with E-state index >= 15 is 0 Å². The summed E-state index contributed by atoms with van der Waals surface area (Å²) in [5.74, 6) is -1.49. The minimum atomic E-state index is -1.12. The van der Waals surface area contributed by atoms with Crippen molar-refractivity contribution >= 4 is 11.9 Å². The molecule has 1 aromatic carbocycles. The van der Waals surface area contributed by atoms with Crippen molar-refractivity contribution in [3.63, 3.8) is 0 Å². The van der Waals surface area contributed by atoms with Gasteiger partial charge in [0.15, 0.2) is 0 Å². The molecular formula is C13H15NO3. The van der Waals surface area contributed by atoms with E-state index in [1.54, 1.807) is 0 Å². The summed E-state index contributed by atoms with van der Waals surface area (Å²) < 4.78 is 0. The van der Waals surface area contributed by atoms with Crippen molar-refractivity contribution in [2.75, 3.05) is 0 Å². The molecule has 0 aliphatic heterocycles. The summed E-state index contributed by atoms with van der Waals surface area (Å²) in [7, 11) is 0. The number of carbonyl (C=O) groups excluding carboxylic acids is 1. The molecule has 17 heavy (non-hydrogen) atoms. The first-order chi connectivity index (χ1) is 8.00. The van der Waals surface area contributed by atoms with Crippen molar-refractivity contribution in [3.05, 3.63) is 47.5 Å². The van der Waals surface area contributed by atoms with Crippen LogP contribution in [-0.4, -0.2) is 17.0 Å². The Bertz CT molecular complexity index is 437. The maximum atomic E-state index is 11.6. The number of carbonyl (C=O) groups is 2. The van der Waals surface area contributed by atoms with Crippen LogP contribution >= 0.6 is 0 Å². The van der Waals surface area contributed by atoms with Crippen LogP contribution in [0.1, 0.15) is 25.5 Å².